The first-order chi connectivity index (χ1) is 9.73. The number of amides is 2. The molecule has 0 radical (unpaired) electrons. The van der Waals surface area contributed by atoms with E-state index >= 15 is 0 Å². The molecule has 0 saturated heterocycles. The van der Waals surface area contributed by atoms with Crippen LogP contribution in [0.25, 0.3) is 0 Å². The lowest BCUT2D eigenvalue weighted by molar-refractivity contribution is -0.385. The first-order valence-corrected chi connectivity index (χ1v) is 6.68. The van der Waals surface area contributed by atoms with Gasteiger partial charge in [-0.25, -0.2) is 4.79 Å². The number of rotatable bonds is 5. The number of nitro groups is 1. The van der Waals surface area contributed by atoms with Gasteiger partial charge in [-0.1, -0.05) is 6.07 Å². The second-order valence-electron chi connectivity index (χ2n) is 5.15. The molecular formula is C14H21N3O4. The number of aliphatic hydroxyl groups is 1. The molecule has 1 unspecified atom stereocenters. The molecule has 0 fully saturated rings. The van der Waals surface area contributed by atoms with E-state index in [1.807, 2.05) is 0 Å². The van der Waals surface area contributed by atoms with Crippen LogP contribution in [0.2, 0.25) is 0 Å². The summed E-state index contributed by atoms with van der Waals surface area (Å²) in [6.45, 7) is 5.44. The van der Waals surface area contributed by atoms with Crippen molar-refractivity contribution >= 4 is 17.4 Å². The van der Waals surface area contributed by atoms with Crippen LogP contribution in [0.4, 0.5) is 16.2 Å². The summed E-state index contributed by atoms with van der Waals surface area (Å²) in [5.74, 6) is 0. The molecule has 116 valence electrons. The van der Waals surface area contributed by atoms with Gasteiger partial charge in [-0.15, -0.1) is 0 Å². The summed E-state index contributed by atoms with van der Waals surface area (Å²) in [7, 11) is 1.61. The number of hydrogen-bond donors (Lipinski definition) is 2. The average molecular weight is 295 g/mol. The van der Waals surface area contributed by atoms with Gasteiger partial charge in [0.1, 0.15) is 0 Å². The minimum absolute atomic E-state index is 0.0254. The van der Waals surface area contributed by atoms with Gasteiger partial charge in [0.2, 0.25) is 0 Å². The van der Waals surface area contributed by atoms with Crippen LogP contribution in [-0.2, 0) is 0 Å². The number of aryl methyl sites for hydroxylation is 1. The van der Waals surface area contributed by atoms with E-state index in [1.165, 1.54) is 11.0 Å². The number of aliphatic hydroxyl groups excluding tert-OH is 1. The van der Waals surface area contributed by atoms with Crippen molar-refractivity contribution in [2.24, 2.45) is 0 Å². The van der Waals surface area contributed by atoms with Gasteiger partial charge in [0.25, 0.3) is 5.69 Å². The number of nitrogens with zero attached hydrogens (tertiary/aromatic N) is 2. The van der Waals surface area contributed by atoms with Crippen LogP contribution in [0.1, 0.15) is 24.5 Å². The first kappa shape index (κ1) is 16.9. The van der Waals surface area contributed by atoms with E-state index in [4.69, 9.17) is 0 Å². The standard InChI is InChI=1S/C14H21N3O4/c1-9-5-6-12(17(20)21)11(3)13(9)15-14(19)16(4)8-7-10(2)18/h5-6,10,18H,7-8H2,1-4H3,(H,15,19). The van der Waals surface area contributed by atoms with Gasteiger partial charge in [-0.2, -0.15) is 0 Å². The Kier molecular flexibility index (Phi) is 5.66. The molecular weight excluding hydrogens is 274 g/mol. The predicted octanol–water partition coefficient (Wildman–Crippen LogP) is 2.45. The zero-order valence-electron chi connectivity index (χ0n) is 12.7. The Labute approximate surface area is 123 Å². The molecule has 7 nitrogen and oxygen atoms in total. The van der Waals surface area contributed by atoms with Crippen LogP contribution < -0.4 is 5.32 Å². The molecule has 0 spiro atoms. The molecule has 0 aliphatic carbocycles. The van der Waals surface area contributed by atoms with Crippen molar-refractivity contribution in [3.05, 3.63) is 33.4 Å². The lowest BCUT2D eigenvalue weighted by Gasteiger charge is -2.20. The summed E-state index contributed by atoms with van der Waals surface area (Å²) in [5, 5.41) is 22.9. The van der Waals surface area contributed by atoms with E-state index in [1.54, 1.807) is 33.9 Å². The van der Waals surface area contributed by atoms with Gasteiger partial charge in [-0.05, 0) is 32.8 Å². The van der Waals surface area contributed by atoms with Crippen LogP contribution in [0.5, 0.6) is 0 Å². The maximum absolute atomic E-state index is 12.1. The third-order valence-electron chi connectivity index (χ3n) is 3.30. The lowest BCUT2D eigenvalue weighted by atomic mass is 10.1. The number of carbonyl (C=O) groups is 1. The minimum Gasteiger partial charge on any atom is -0.393 e. The van der Waals surface area contributed by atoms with Gasteiger partial charge >= 0.3 is 6.03 Å². The average Bonchev–Trinajstić information content (AvgIpc) is 2.39. The van der Waals surface area contributed by atoms with E-state index in [0.717, 1.165) is 5.56 Å². The summed E-state index contributed by atoms with van der Waals surface area (Å²) in [6, 6.07) is 2.68. The molecule has 7 heteroatoms. The number of anilines is 1. The fraction of sp³-hybridized carbons (Fsp3) is 0.500. The van der Waals surface area contributed by atoms with E-state index < -0.39 is 11.0 Å². The molecule has 0 saturated carbocycles. The van der Waals surface area contributed by atoms with Crippen LogP contribution in [0.3, 0.4) is 0 Å². The highest BCUT2D eigenvalue weighted by Crippen LogP contribution is 2.28. The van der Waals surface area contributed by atoms with Crippen LogP contribution >= 0.6 is 0 Å². The van der Waals surface area contributed by atoms with E-state index in [2.05, 4.69) is 5.32 Å². The summed E-state index contributed by atoms with van der Waals surface area (Å²) in [6.07, 6.45) is -0.0156. The van der Waals surface area contributed by atoms with Gasteiger partial charge in [0.15, 0.2) is 0 Å². The maximum Gasteiger partial charge on any atom is 0.321 e. The minimum atomic E-state index is -0.485. The van der Waals surface area contributed by atoms with E-state index in [9.17, 15) is 20.0 Å². The second-order valence-corrected chi connectivity index (χ2v) is 5.15. The topological polar surface area (TPSA) is 95.7 Å². The SMILES string of the molecule is Cc1ccc([N+](=O)[O-])c(C)c1NC(=O)N(C)CCC(C)O. The molecule has 2 N–H and O–H groups in total. The van der Waals surface area contributed by atoms with Gasteiger partial charge in [0, 0.05) is 19.7 Å². The predicted molar refractivity (Wildman–Crippen MR) is 80.5 cm³/mol. The zero-order chi connectivity index (χ0) is 16.2. The molecule has 0 heterocycles. The van der Waals surface area contributed by atoms with Crippen LogP contribution in [0, 0.1) is 24.0 Å². The van der Waals surface area contributed by atoms with Gasteiger partial charge in [0.05, 0.1) is 22.3 Å². The second kappa shape index (κ2) is 7.03. The molecule has 0 aliphatic rings. The monoisotopic (exact) mass is 295 g/mol. The van der Waals surface area contributed by atoms with Crippen molar-refractivity contribution < 1.29 is 14.8 Å². The molecule has 21 heavy (non-hydrogen) atoms. The number of carbonyl (C=O) groups excluding carboxylic acids is 1. The largest absolute Gasteiger partial charge is 0.393 e. The smallest absolute Gasteiger partial charge is 0.321 e. The fourth-order valence-electron chi connectivity index (χ4n) is 1.91. The Morgan fingerprint density at radius 3 is 2.62 bits per heavy atom. The van der Waals surface area contributed by atoms with E-state index in [-0.39, 0.29) is 11.7 Å². The summed E-state index contributed by atoms with van der Waals surface area (Å²) in [4.78, 5) is 24.0. The number of urea groups is 1. The van der Waals surface area contributed by atoms with E-state index in [0.29, 0.717) is 24.2 Å². The van der Waals surface area contributed by atoms with Crippen molar-refractivity contribution in [2.75, 3.05) is 18.9 Å². The van der Waals surface area contributed by atoms with Crippen molar-refractivity contribution in [1.82, 2.24) is 4.90 Å². The summed E-state index contributed by atoms with van der Waals surface area (Å²) >= 11 is 0. The molecule has 0 aliphatic heterocycles. The van der Waals surface area contributed by atoms with Crippen molar-refractivity contribution in [2.45, 2.75) is 33.3 Å². The normalized spacial score (nSPS) is 11.9. The molecule has 2 amide bonds. The molecule has 1 aromatic rings. The third kappa shape index (κ3) is 4.42. The Balaban J connectivity index is 2.89. The maximum atomic E-state index is 12.1. The van der Waals surface area contributed by atoms with Crippen molar-refractivity contribution in [1.29, 1.82) is 0 Å². The highest BCUT2D eigenvalue weighted by molar-refractivity contribution is 5.91. The van der Waals surface area contributed by atoms with Crippen molar-refractivity contribution in [3.8, 4) is 0 Å². The highest BCUT2D eigenvalue weighted by Gasteiger charge is 2.18. The molecule has 1 aromatic carbocycles. The lowest BCUT2D eigenvalue weighted by Crippen LogP contribution is -2.33. The Morgan fingerprint density at radius 2 is 2.10 bits per heavy atom. The molecule has 0 aromatic heterocycles. The zero-order valence-corrected chi connectivity index (χ0v) is 12.7. The Morgan fingerprint density at radius 1 is 1.48 bits per heavy atom. The quantitative estimate of drug-likeness (QED) is 0.644. The molecule has 1 atom stereocenters. The highest BCUT2D eigenvalue weighted by atomic mass is 16.6. The Hall–Kier alpha value is -2.15. The number of hydrogen-bond acceptors (Lipinski definition) is 4. The fourth-order valence-corrected chi connectivity index (χ4v) is 1.91. The number of benzene rings is 1. The van der Waals surface area contributed by atoms with Gasteiger partial charge in [-0.3, -0.25) is 10.1 Å². The third-order valence-corrected chi connectivity index (χ3v) is 3.30. The number of nitrogens with one attached hydrogen (secondary N) is 1. The number of nitro benzene ring substituents is 1. The molecule has 1 rings (SSSR count). The summed E-state index contributed by atoms with van der Waals surface area (Å²) < 4.78 is 0. The van der Waals surface area contributed by atoms with Crippen LogP contribution in [-0.4, -0.2) is 40.7 Å². The molecule has 0 bridgehead atoms. The van der Waals surface area contributed by atoms with Gasteiger partial charge < -0.3 is 15.3 Å². The summed E-state index contributed by atoms with van der Waals surface area (Å²) in [5.41, 5.74) is 1.62. The first-order valence-electron chi connectivity index (χ1n) is 6.68. The van der Waals surface area contributed by atoms with Crippen LogP contribution in [0.15, 0.2) is 12.1 Å². The Bertz CT molecular complexity index is 543. The van der Waals surface area contributed by atoms with Crippen molar-refractivity contribution in [3.63, 3.8) is 0 Å².